The molecule has 2 rings (SSSR count). The molecule has 0 bridgehead atoms. The number of carbonyl (C=O) groups excluding carboxylic acids is 1. The Morgan fingerprint density at radius 3 is 3.00 bits per heavy atom. The van der Waals surface area contributed by atoms with Crippen LogP contribution < -0.4 is 0 Å². The van der Waals surface area contributed by atoms with E-state index >= 15 is 0 Å². The van der Waals surface area contributed by atoms with Crippen molar-refractivity contribution >= 4 is 5.97 Å². The van der Waals surface area contributed by atoms with Gasteiger partial charge in [0.05, 0.1) is 12.5 Å². The molecule has 1 aliphatic heterocycles. The van der Waals surface area contributed by atoms with Gasteiger partial charge in [0.1, 0.15) is 6.10 Å². The molecule has 4 heteroatoms. The van der Waals surface area contributed by atoms with Crippen molar-refractivity contribution in [1.82, 2.24) is 0 Å². The fourth-order valence-corrected chi connectivity index (χ4v) is 2.74. The topological polar surface area (TPSA) is 46.5 Å². The summed E-state index contributed by atoms with van der Waals surface area (Å²) < 4.78 is 5.16. The summed E-state index contributed by atoms with van der Waals surface area (Å²) in [5.41, 5.74) is 0. The van der Waals surface area contributed by atoms with E-state index in [2.05, 4.69) is 6.42 Å². The van der Waals surface area contributed by atoms with Gasteiger partial charge in [-0.25, -0.2) is 0 Å². The van der Waals surface area contributed by atoms with E-state index in [0.29, 0.717) is 12.8 Å². The molecule has 0 aromatic rings. The fraction of sp³-hybridized carbons (Fsp3) is 0.818. The van der Waals surface area contributed by atoms with Gasteiger partial charge in [-0.3, -0.25) is 4.79 Å². The summed E-state index contributed by atoms with van der Waals surface area (Å²) in [6.07, 6.45) is 4.99. The van der Waals surface area contributed by atoms with Gasteiger partial charge in [0.2, 0.25) is 0 Å². The van der Waals surface area contributed by atoms with E-state index in [1.807, 2.05) is 6.92 Å². The van der Waals surface area contributed by atoms with E-state index in [-0.39, 0.29) is 51.1 Å². The largest absolute Gasteiger partial charge is 0.462 e. The van der Waals surface area contributed by atoms with E-state index in [0.717, 1.165) is 12.8 Å². The van der Waals surface area contributed by atoms with Crippen molar-refractivity contribution in [3.63, 3.8) is 0 Å². The number of unbranched alkanes of at least 4 members (excludes halogenated alkanes) is 1. The van der Waals surface area contributed by atoms with Crippen LogP contribution in [-0.2, 0) is 30.6 Å². The third-order valence-corrected chi connectivity index (χ3v) is 3.47. The average Bonchev–Trinajstić information content (AvgIpc) is 2.58. The number of hydrogen-bond donors (Lipinski definition) is 1. The van der Waals surface area contributed by atoms with Gasteiger partial charge in [0.15, 0.2) is 0 Å². The van der Waals surface area contributed by atoms with Gasteiger partial charge in [-0.05, 0) is 5.92 Å². The second kappa shape index (κ2) is 5.45. The van der Waals surface area contributed by atoms with Crippen molar-refractivity contribution in [2.45, 2.75) is 44.8 Å². The van der Waals surface area contributed by atoms with Crippen molar-refractivity contribution < 1.29 is 35.7 Å². The molecule has 2 fully saturated rings. The van der Waals surface area contributed by atoms with E-state index in [9.17, 15) is 9.90 Å². The number of rotatable bonds is 3. The smallest absolute Gasteiger partial charge is 0.306 e. The van der Waals surface area contributed by atoms with Crippen LogP contribution >= 0.6 is 0 Å². The molecular weight excluding hydrogens is 364 g/mol. The Balaban J connectivity index is 0.00000112. The molecule has 1 N–H and O–H groups in total. The molecule has 0 unspecified atom stereocenters. The van der Waals surface area contributed by atoms with Crippen LogP contribution in [0.3, 0.4) is 0 Å². The Hall–Kier alpha value is 0.118. The van der Waals surface area contributed by atoms with Gasteiger partial charge < -0.3 is 16.3 Å². The van der Waals surface area contributed by atoms with Crippen LogP contribution in [0.2, 0.25) is 0 Å². The summed E-state index contributed by atoms with van der Waals surface area (Å²) in [6, 6.07) is 0. The molecule has 15 heavy (non-hydrogen) atoms. The van der Waals surface area contributed by atoms with Crippen molar-refractivity contribution in [3.05, 3.63) is 6.42 Å². The summed E-state index contributed by atoms with van der Waals surface area (Å²) in [6.45, 7) is 2.02. The van der Waals surface area contributed by atoms with Gasteiger partial charge in [-0.2, -0.15) is 13.3 Å². The Morgan fingerprint density at radius 2 is 2.33 bits per heavy atom. The predicted octanol–water partition coefficient (Wildman–Crippen LogP) is 1.30. The molecule has 3 nitrogen and oxygen atoms in total. The maximum atomic E-state index is 11.1. The van der Waals surface area contributed by atoms with Crippen molar-refractivity contribution in [1.29, 1.82) is 0 Å². The maximum absolute atomic E-state index is 11.1. The van der Waals surface area contributed by atoms with Gasteiger partial charge >= 0.3 is 5.97 Å². The molecule has 0 aromatic carbocycles. The maximum Gasteiger partial charge on any atom is 0.306 e. The third-order valence-electron chi connectivity index (χ3n) is 3.47. The summed E-state index contributed by atoms with van der Waals surface area (Å²) in [4.78, 5) is 11.1. The SMILES string of the molecule is C[CH-]CC[C@@H]1[C@H]2CC(=O)O[C@H]2C[C@H]1O.[W]. The van der Waals surface area contributed by atoms with E-state index in [1.54, 1.807) is 0 Å². The second-order valence-electron chi connectivity index (χ2n) is 4.35. The third kappa shape index (κ3) is 2.62. The van der Waals surface area contributed by atoms with Gasteiger partial charge in [0, 0.05) is 33.4 Å². The zero-order valence-corrected chi connectivity index (χ0v) is 11.8. The molecule has 2 aliphatic rings. The van der Waals surface area contributed by atoms with Crippen molar-refractivity contribution in [2.75, 3.05) is 0 Å². The number of esters is 1. The average molecular weight is 381 g/mol. The minimum Gasteiger partial charge on any atom is -0.462 e. The molecule has 1 heterocycles. The Labute approximate surface area is 105 Å². The van der Waals surface area contributed by atoms with Crippen LogP contribution in [0.1, 0.15) is 32.6 Å². The van der Waals surface area contributed by atoms with Crippen LogP contribution in [0.25, 0.3) is 0 Å². The van der Waals surface area contributed by atoms with Crippen LogP contribution in [0.15, 0.2) is 0 Å². The van der Waals surface area contributed by atoms with Crippen LogP contribution in [0, 0.1) is 18.3 Å². The molecule has 0 spiro atoms. The molecule has 1 saturated heterocycles. The molecule has 86 valence electrons. The first-order valence-electron chi connectivity index (χ1n) is 5.37. The second-order valence-corrected chi connectivity index (χ2v) is 4.35. The first-order chi connectivity index (χ1) is 6.72. The first-order valence-corrected chi connectivity index (χ1v) is 5.37. The fourth-order valence-electron chi connectivity index (χ4n) is 2.74. The zero-order chi connectivity index (χ0) is 10.1. The van der Waals surface area contributed by atoms with Crippen molar-refractivity contribution in [2.24, 2.45) is 11.8 Å². The Morgan fingerprint density at radius 1 is 1.60 bits per heavy atom. The van der Waals surface area contributed by atoms with E-state index in [4.69, 9.17) is 4.74 Å². The van der Waals surface area contributed by atoms with E-state index < -0.39 is 0 Å². The monoisotopic (exact) mass is 381 g/mol. The van der Waals surface area contributed by atoms with Gasteiger partial charge in [0.25, 0.3) is 0 Å². The summed E-state index contributed by atoms with van der Waals surface area (Å²) in [5, 5.41) is 9.80. The summed E-state index contributed by atoms with van der Waals surface area (Å²) in [5.74, 6) is 0.456. The minimum absolute atomic E-state index is 0. The summed E-state index contributed by atoms with van der Waals surface area (Å²) in [7, 11) is 0. The number of fused-ring (bicyclic) bond motifs is 1. The first kappa shape index (κ1) is 13.2. The minimum atomic E-state index is -0.266. The van der Waals surface area contributed by atoms with Crippen LogP contribution in [0.4, 0.5) is 0 Å². The van der Waals surface area contributed by atoms with Crippen LogP contribution in [0.5, 0.6) is 0 Å². The Kier molecular flexibility index (Phi) is 4.79. The molecule has 4 atom stereocenters. The van der Waals surface area contributed by atoms with Crippen LogP contribution in [-0.4, -0.2) is 23.3 Å². The predicted molar refractivity (Wildman–Crippen MR) is 51.3 cm³/mol. The molecule has 0 aromatic heterocycles. The standard InChI is InChI=1S/C11H17O3.W/c1-2-3-4-7-8-5-11(13)14-10(8)6-9(7)12;/h2,7-10,12H,3-6H2,1H3;/q-1;/t7-,8-,9-,10+;/m1./s1. The molecule has 1 aliphatic carbocycles. The normalized spacial score (nSPS) is 38.4. The zero-order valence-electron chi connectivity index (χ0n) is 8.89. The molecule has 0 amide bonds. The Bertz CT molecular complexity index is 232. The van der Waals surface area contributed by atoms with Gasteiger partial charge in [-0.15, -0.1) is 0 Å². The number of carbonyl (C=O) groups is 1. The molecular formula is C11H17O3W-. The summed E-state index contributed by atoms with van der Waals surface area (Å²) >= 11 is 0. The number of ether oxygens (including phenoxy) is 1. The number of aliphatic hydroxyl groups is 1. The molecule has 0 radical (unpaired) electrons. The number of aliphatic hydroxyl groups excluding tert-OH is 1. The number of hydrogen-bond acceptors (Lipinski definition) is 3. The van der Waals surface area contributed by atoms with Gasteiger partial charge in [-0.1, -0.05) is 6.42 Å². The quantitative estimate of drug-likeness (QED) is 0.593. The van der Waals surface area contributed by atoms with Crippen molar-refractivity contribution in [3.8, 4) is 0 Å². The van der Waals surface area contributed by atoms with E-state index in [1.165, 1.54) is 0 Å². The molecule has 1 saturated carbocycles.